The van der Waals surface area contributed by atoms with Crippen LogP contribution in [0.2, 0.25) is 0 Å². The van der Waals surface area contributed by atoms with E-state index in [1.807, 2.05) is 4.90 Å². The molecule has 0 spiro atoms. The first-order valence-electron chi connectivity index (χ1n) is 7.18. The fourth-order valence-electron chi connectivity index (χ4n) is 2.53. The second-order valence-electron chi connectivity index (χ2n) is 5.31. The summed E-state index contributed by atoms with van der Waals surface area (Å²) in [5.41, 5.74) is 0. The van der Waals surface area contributed by atoms with E-state index in [4.69, 9.17) is 0 Å². The van der Waals surface area contributed by atoms with Crippen molar-refractivity contribution in [3.63, 3.8) is 0 Å². The van der Waals surface area contributed by atoms with E-state index >= 15 is 0 Å². The van der Waals surface area contributed by atoms with Crippen LogP contribution in [0.5, 0.6) is 0 Å². The van der Waals surface area contributed by atoms with Crippen molar-refractivity contribution in [2.24, 2.45) is 0 Å². The third kappa shape index (κ3) is 3.67. The predicted octanol–water partition coefficient (Wildman–Crippen LogP) is 0.406. The Kier molecular flexibility index (Phi) is 5.33. The predicted molar refractivity (Wildman–Crippen MR) is 80.2 cm³/mol. The fourth-order valence-corrected chi connectivity index (χ4v) is 4.00. The molecule has 128 valence electrons. The summed E-state index contributed by atoms with van der Waals surface area (Å²) in [6.07, 6.45) is 0. The van der Waals surface area contributed by atoms with Gasteiger partial charge in [-0.2, -0.15) is 4.31 Å². The van der Waals surface area contributed by atoms with Crippen molar-refractivity contribution in [3.8, 4) is 0 Å². The molecular weight excluding hydrogens is 328 g/mol. The highest BCUT2D eigenvalue weighted by Gasteiger charge is 2.33. The van der Waals surface area contributed by atoms with E-state index in [1.54, 1.807) is 6.92 Å². The molecule has 0 radical (unpaired) electrons. The zero-order chi connectivity index (χ0) is 17.2. The summed E-state index contributed by atoms with van der Waals surface area (Å²) >= 11 is 0. The molecule has 0 bridgehead atoms. The van der Waals surface area contributed by atoms with Crippen molar-refractivity contribution < 1.29 is 22.0 Å². The molecule has 23 heavy (non-hydrogen) atoms. The van der Waals surface area contributed by atoms with Crippen LogP contribution in [-0.4, -0.2) is 62.8 Å². The molecule has 1 N–H and O–H groups in total. The quantitative estimate of drug-likeness (QED) is 0.856. The van der Waals surface area contributed by atoms with E-state index in [0.29, 0.717) is 19.2 Å². The number of nitrogens with zero attached hydrogens (tertiary/aromatic N) is 2. The maximum atomic E-state index is 13.7. The van der Waals surface area contributed by atoms with Crippen molar-refractivity contribution >= 4 is 15.9 Å². The molecule has 0 aliphatic carbocycles. The Hall–Kier alpha value is -1.58. The van der Waals surface area contributed by atoms with Crippen LogP contribution in [0.3, 0.4) is 0 Å². The molecule has 9 heteroatoms. The molecule has 1 amide bonds. The molecule has 1 aromatic carbocycles. The van der Waals surface area contributed by atoms with E-state index < -0.39 is 26.6 Å². The van der Waals surface area contributed by atoms with Crippen LogP contribution in [0.25, 0.3) is 0 Å². The van der Waals surface area contributed by atoms with Crippen LogP contribution < -0.4 is 5.32 Å². The molecule has 1 aliphatic rings. The largest absolute Gasteiger partial charge is 0.358 e. The van der Waals surface area contributed by atoms with Gasteiger partial charge in [-0.1, -0.05) is 0 Å². The van der Waals surface area contributed by atoms with Gasteiger partial charge in [0.05, 0.1) is 6.04 Å². The second kappa shape index (κ2) is 6.90. The Labute approximate surface area is 134 Å². The molecule has 0 saturated carbocycles. The molecule has 1 aliphatic heterocycles. The van der Waals surface area contributed by atoms with E-state index in [-0.39, 0.29) is 25.0 Å². The first kappa shape index (κ1) is 17.8. The third-order valence-corrected chi connectivity index (χ3v) is 5.89. The minimum atomic E-state index is -4.02. The Balaban J connectivity index is 2.11. The fraction of sp³-hybridized carbons (Fsp3) is 0.500. The van der Waals surface area contributed by atoms with Crippen LogP contribution in [0.1, 0.15) is 6.92 Å². The van der Waals surface area contributed by atoms with Crippen LogP contribution in [0, 0.1) is 11.6 Å². The summed E-state index contributed by atoms with van der Waals surface area (Å²) in [7, 11) is -2.48. The zero-order valence-electron chi connectivity index (χ0n) is 12.9. The van der Waals surface area contributed by atoms with Crippen molar-refractivity contribution in [2.75, 3.05) is 33.2 Å². The molecule has 1 fully saturated rings. The topological polar surface area (TPSA) is 69.7 Å². The Bertz CT molecular complexity index is 689. The van der Waals surface area contributed by atoms with Gasteiger partial charge in [0.25, 0.3) is 0 Å². The van der Waals surface area contributed by atoms with Gasteiger partial charge in [-0.15, -0.1) is 0 Å². The first-order valence-corrected chi connectivity index (χ1v) is 8.62. The van der Waals surface area contributed by atoms with Gasteiger partial charge in [0.2, 0.25) is 15.9 Å². The van der Waals surface area contributed by atoms with Gasteiger partial charge in [0.15, 0.2) is 0 Å². The number of benzene rings is 1. The molecule has 1 heterocycles. The average molecular weight is 347 g/mol. The molecular formula is C14H19F2N3O3S. The number of halogens is 2. The maximum absolute atomic E-state index is 13.7. The number of nitrogens with one attached hydrogen (secondary N) is 1. The highest BCUT2D eigenvalue weighted by Crippen LogP contribution is 2.21. The van der Waals surface area contributed by atoms with Gasteiger partial charge >= 0.3 is 0 Å². The molecule has 2 rings (SSSR count). The van der Waals surface area contributed by atoms with Crippen LogP contribution >= 0.6 is 0 Å². The van der Waals surface area contributed by atoms with Crippen molar-refractivity contribution in [1.29, 1.82) is 0 Å². The Morgan fingerprint density at radius 2 is 1.83 bits per heavy atom. The lowest BCUT2D eigenvalue weighted by atomic mass is 10.2. The highest BCUT2D eigenvalue weighted by molar-refractivity contribution is 7.89. The monoisotopic (exact) mass is 347 g/mol. The maximum Gasteiger partial charge on any atom is 0.246 e. The zero-order valence-corrected chi connectivity index (χ0v) is 13.7. The minimum absolute atomic E-state index is 0.139. The normalized spacial score (nSPS) is 18.6. The molecule has 6 nitrogen and oxygen atoms in total. The highest BCUT2D eigenvalue weighted by atomic mass is 32.2. The lowest BCUT2D eigenvalue weighted by Gasteiger charge is -2.36. The summed E-state index contributed by atoms with van der Waals surface area (Å²) in [5.74, 6) is -2.08. The number of carbonyl (C=O) groups excluding carboxylic acids is 1. The second-order valence-corrected chi connectivity index (χ2v) is 7.21. The van der Waals surface area contributed by atoms with Crippen LogP contribution in [-0.2, 0) is 14.8 Å². The number of hydrogen-bond donors (Lipinski definition) is 1. The number of hydrogen-bond acceptors (Lipinski definition) is 4. The van der Waals surface area contributed by atoms with E-state index in [0.717, 1.165) is 16.4 Å². The minimum Gasteiger partial charge on any atom is -0.358 e. The number of amides is 1. The van der Waals surface area contributed by atoms with Gasteiger partial charge in [-0.3, -0.25) is 9.69 Å². The van der Waals surface area contributed by atoms with Gasteiger partial charge in [0, 0.05) is 39.3 Å². The lowest BCUT2D eigenvalue weighted by Crippen LogP contribution is -2.54. The molecule has 0 unspecified atom stereocenters. The Morgan fingerprint density at radius 1 is 1.22 bits per heavy atom. The summed E-state index contributed by atoms with van der Waals surface area (Å²) in [4.78, 5) is 12.9. The van der Waals surface area contributed by atoms with Crippen LogP contribution in [0.4, 0.5) is 8.78 Å². The molecule has 1 saturated heterocycles. The van der Waals surface area contributed by atoms with Crippen molar-refractivity contribution in [2.45, 2.75) is 17.9 Å². The number of likely N-dealkylation sites (N-methyl/N-ethyl adjacent to an activating group) is 1. The summed E-state index contributed by atoms with van der Waals surface area (Å²) in [5, 5.41) is 2.54. The number of carbonyl (C=O) groups is 1. The molecule has 1 aromatic rings. The van der Waals surface area contributed by atoms with Crippen molar-refractivity contribution in [1.82, 2.24) is 14.5 Å². The number of sulfonamides is 1. The third-order valence-electron chi connectivity index (χ3n) is 3.96. The lowest BCUT2D eigenvalue weighted by molar-refractivity contribution is -0.125. The van der Waals surface area contributed by atoms with Gasteiger partial charge in [-0.25, -0.2) is 17.2 Å². The molecule has 1 atom stereocenters. The van der Waals surface area contributed by atoms with E-state index in [9.17, 15) is 22.0 Å². The first-order chi connectivity index (χ1) is 10.8. The summed E-state index contributed by atoms with van der Waals surface area (Å²) < 4.78 is 52.7. The summed E-state index contributed by atoms with van der Waals surface area (Å²) in [6.45, 7) is 2.73. The van der Waals surface area contributed by atoms with Gasteiger partial charge in [-0.05, 0) is 19.1 Å². The molecule has 0 aromatic heterocycles. The van der Waals surface area contributed by atoms with Crippen LogP contribution in [0.15, 0.2) is 23.1 Å². The standard InChI is InChI=1S/C14H19F2N3O3S/c1-10(14(20)17-2)18-5-7-19(8-6-18)23(21,22)13-4-3-11(15)9-12(13)16/h3-4,9-10H,5-8H2,1-2H3,(H,17,20)/t10-/m1/s1. The number of piperazine rings is 1. The van der Waals surface area contributed by atoms with E-state index in [2.05, 4.69) is 5.32 Å². The van der Waals surface area contributed by atoms with E-state index in [1.165, 1.54) is 7.05 Å². The van der Waals surface area contributed by atoms with Crippen molar-refractivity contribution in [3.05, 3.63) is 29.8 Å². The smallest absolute Gasteiger partial charge is 0.246 e. The summed E-state index contributed by atoms with van der Waals surface area (Å²) in [6, 6.07) is 2.03. The average Bonchev–Trinajstić information content (AvgIpc) is 2.53. The van der Waals surface area contributed by atoms with Gasteiger partial charge in [0.1, 0.15) is 16.5 Å². The van der Waals surface area contributed by atoms with Gasteiger partial charge < -0.3 is 5.32 Å². The number of rotatable bonds is 4. The Morgan fingerprint density at radius 3 is 2.35 bits per heavy atom. The SMILES string of the molecule is CNC(=O)[C@@H](C)N1CCN(S(=O)(=O)c2ccc(F)cc2F)CC1.